The van der Waals surface area contributed by atoms with E-state index < -0.39 is 23.8 Å². The molecule has 4 rings (SSSR count). The van der Waals surface area contributed by atoms with Crippen LogP contribution in [0.5, 0.6) is 0 Å². The third-order valence-electron chi connectivity index (χ3n) is 7.03. The van der Waals surface area contributed by atoms with Crippen LogP contribution in [0.3, 0.4) is 0 Å². The van der Waals surface area contributed by atoms with Crippen molar-refractivity contribution in [3.8, 4) is 0 Å². The quantitative estimate of drug-likeness (QED) is 0.368. The van der Waals surface area contributed by atoms with Crippen LogP contribution in [0.2, 0.25) is 0 Å². The largest absolute Gasteiger partial charge is 0.480 e. The molecule has 0 bridgehead atoms. The molecule has 1 amide bonds. The third kappa shape index (κ3) is 6.80. The van der Waals surface area contributed by atoms with Crippen molar-refractivity contribution in [2.75, 3.05) is 25.1 Å². The number of rotatable bonds is 12. The Bertz CT molecular complexity index is 994. The second-order valence-electron chi connectivity index (χ2n) is 9.54. The number of nitrogens with one attached hydrogen (secondary N) is 2. The molecule has 1 aliphatic carbocycles. The lowest BCUT2D eigenvalue weighted by molar-refractivity contribution is -0.143. The second-order valence-corrected chi connectivity index (χ2v) is 9.54. The van der Waals surface area contributed by atoms with E-state index in [0.717, 1.165) is 56.6 Å². The number of benzene rings is 1. The fourth-order valence-corrected chi connectivity index (χ4v) is 4.81. The number of aryl methyl sites for hydroxylation is 2. The fourth-order valence-electron chi connectivity index (χ4n) is 4.81. The molecule has 0 saturated heterocycles. The van der Waals surface area contributed by atoms with Crippen LogP contribution >= 0.6 is 0 Å². The average molecular weight is 482 g/mol. The number of fused-ring (bicyclic) bond motifs is 1. The number of hydrogen-bond donors (Lipinski definition) is 4. The molecule has 2 heterocycles. The first-order valence-corrected chi connectivity index (χ1v) is 12.6. The number of pyridine rings is 1. The molecular weight excluding hydrogens is 446 g/mol. The second kappa shape index (κ2) is 12.1. The van der Waals surface area contributed by atoms with Crippen LogP contribution in [-0.4, -0.2) is 59.0 Å². The standard InChI is InChI=1S/C27H35N3O5/c31-17-23(19-5-2-1-3-6-19)26(32)30-24(27(33)34)12-14-35-22-15-18(16-22)8-10-21-11-9-20-7-4-13-28-25(20)29-21/h1-3,5-6,9,11,18,22-24,31H,4,7-8,10,12-17H2,(H,28,29)(H,30,32)(H,33,34)/t18-,22-,23?,24?. The minimum Gasteiger partial charge on any atom is -0.480 e. The Labute approximate surface area is 206 Å². The summed E-state index contributed by atoms with van der Waals surface area (Å²) in [5, 5.41) is 25.1. The van der Waals surface area contributed by atoms with Gasteiger partial charge in [0.15, 0.2) is 0 Å². The van der Waals surface area contributed by atoms with Gasteiger partial charge in [-0.3, -0.25) is 4.79 Å². The van der Waals surface area contributed by atoms with Gasteiger partial charge < -0.3 is 25.6 Å². The summed E-state index contributed by atoms with van der Waals surface area (Å²) in [6.07, 6.45) is 6.53. The zero-order valence-corrected chi connectivity index (χ0v) is 20.0. The maximum atomic E-state index is 12.6. The molecule has 1 saturated carbocycles. The van der Waals surface area contributed by atoms with Crippen molar-refractivity contribution in [3.05, 3.63) is 59.3 Å². The van der Waals surface area contributed by atoms with Crippen molar-refractivity contribution >= 4 is 17.7 Å². The fraction of sp³-hybridized carbons (Fsp3) is 0.519. The Morgan fingerprint density at radius 2 is 1.97 bits per heavy atom. The van der Waals surface area contributed by atoms with E-state index in [4.69, 9.17) is 9.72 Å². The first kappa shape index (κ1) is 25.1. The molecule has 2 aliphatic rings. The van der Waals surface area contributed by atoms with Gasteiger partial charge in [-0.15, -0.1) is 0 Å². The van der Waals surface area contributed by atoms with Gasteiger partial charge >= 0.3 is 5.97 Å². The van der Waals surface area contributed by atoms with Crippen molar-refractivity contribution in [1.82, 2.24) is 10.3 Å². The van der Waals surface area contributed by atoms with Crippen molar-refractivity contribution in [3.63, 3.8) is 0 Å². The van der Waals surface area contributed by atoms with Gasteiger partial charge in [-0.25, -0.2) is 9.78 Å². The van der Waals surface area contributed by atoms with E-state index in [1.54, 1.807) is 24.3 Å². The third-order valence-corrected chi connectivity index (χ3v) is 7.03. The molecule has 2 unspecified atom stereocenters. The number of aliphatic carboxylic acids is 1. The lowest BCUT2D eigenvalue weighted by atomic mass is 9.79. The Morgan fingerprint density at radius 1 is 1.17 bits per heavy atom. The number of nitrogens with zero attached hydrogens (tertiary/aromatic N) is 1. The molecule has 1 aromatic heterocycles. The zero-order chi connectivity index (χ0) is 24.6. The van der Waals surface area contributed by atoms with Crippen molar-refractivity contribution in [1.29, 1.82) is 0 Å². The van der Waals surface area contributed by atoms with Gasteiger partial charge in [-0.2, -0.15) is 0 Å². The molecule has 1 fully saturated rings. The molecule has 4 N–H and O–H groups in total. The zero-order valence-electron chi connectivity index (χ0n) is 20.0. The highest BCUT2D eigenvalue weighted by Crippen LogP contribution is 2.34. The Balaban J connectivity index is 1.15. The Kier molecular flexibility index (Phi) is 8.71. The SMILES string of the molecule is O=C(O)C(CCO[C@H]1C[C@H](CCc2ccc3c(n2)NCCC3)C1)NC(=O)C(CO)c1ccccc1. The van der Waals surface area contributed by atoms with E-state index in [-0.39, 0.29) is 25.7 Å². The van der Waals surface area contributed by atoms with Crippen LogP contribution in [0, 0.1) is 5.92 Å². The number of carboxylic acids is 1. The number of aliphatic hydroxyl groups excluding tert-OH is 1. The summed E-state index contributed by atoms with van der Waals surface area (Å²) in [7, 11) is 0. The Hall–Kier alpha value is -2.97. The molecule has 0 radical (unpaired) electrons. The number of aromatic nitrogens is 1. The number of anilines is 1. The van der Waals surface area contributed by atoms with Gasteiger partial charge in [0.25, 0.3) is 0 Å². The highest BCUT2D eigenvalue weighted by atomic mass is 16.5. The number of carbonyl (C=O) groups is 2. The molecule has 8 heteroatoms. The first-order valence-electron chi connectivity index (χ1n) is 12.6. The van der Waals surface area contributed by atoms with Crippen LogP contribution in [0.1, 0.15) is 54.8 Å². The summed E-state index contributed by atoms with van der Waals surface area (Å²) in [6, 6.07) is 12.1. The minimum absolute atomic E-state index is 0.137. The molecule has 8 nitrogen and oxygen atoms in total. The van der Waals surface area contributed by atoms with Crippen molar-refractivity contribution in [2.24, 2.45) is 5.92 Å². The summed E-state index contributed by atoms with van der Waals surface area (Å²) < 4.78 is 5.88. The molecule has 1 aliphatic heterocycles. The topological polar surface area (TPSA) is 121 Å². The van der Waals surface area contributed by atoms with Gasteiger partial charge in [0, 0.05) is 25.3 Å². The number of hydrogen-bond acceptors (Lipinski definition) is 6. The normalized spacial score (nSPS) is 20.6. The molecule has 35 heavy (non-hydrogen) atoms. The molecule has 2 atom stereocenters. The highest BCUT2D eigenvalue weighted by molar-refractivity contribution is 5.88. The lowest BCUT2D eigenvalue weighted by Gasteiger charge is -2.35. The summed E-state index contributed by atoms with van der Waals surface area (Å²) in [6.45, 7) is 0.869. The van der Waals surface area contributed by atoms with Crippen LogP contribution in [-0.2, 0) is 27.2 Å². The van der Waals surface area contributed by atoms with Gasteiger partial charge in [0.1, 0.15) is 11.9 Å². The van der Waals surface area contributed by atoms with Gasteiger partial charge in [0.2, 0.25) is 5.91 Å². The molecule has 0 spiro atoms. The summed E-state index contributed by atoms with van der Waals surface area (Å²) in [4.78, 5) is 29.0. The van der Waals surface area contributed by atoms with Gasteiger partial charge in [0.05, 0.1) is 18.6 Å². The Morgan fingerprint density at radius 3 is 2.71 bits per heavy atom. The van der Waals surface area contributed by atoms with E-state index in [1.165, 1.54) is 5.56 Å². The van der Waals surface area contributed by atoms with Crippen LogP contribution in [0.25, 0.3) is 0 Å². The number of ether oxygens (including phenoxy) is 1. The summed E-state index contributed by atoms with van der Waals surface area (Å²) in [5.74, 6) is -0.771. The van der Waals surface area contributed by atoms with Crippen molar-refractivity contribution < 1.29 is 24.5 Å². The van der Waals surface area contributed by atoms with E-state index >= 15 is 0 Å². The number of carbonyl (C=O) groups excluding carboxylic acids is 1. The van der Waals surface area contributed by atoms with E-state index in [0.29, 0.717) is 11.5 Å². The summed E-state index contributed by atoms with van der Waals surface area (Å²) in [5.41, 5.74) is 3.08. The van der Waals surface area contributed by atoms with Crippen molar-refractivity contribution in [2.45, 2.75) is 63.0 Å². The first-order chi connectivity index (χ1) is 17.0. The van der Waals surface area contributed by atoms with Crippen LogP contribution in [0.4, 0.5) is 5.82 Å². The van der Waals surface area contributed by atoms with Crippen LogP contribution in [0.15, 0.2) is 42.5 Å². The highest BCUT2D eigenvalue weighted by Gasteiger charge is 2.31. The molecule has 188 valence electrons. The molecule has 2 aromatic rings. The number of carboxylic acid groups (broad SMARTS) is 1. The predicted octanol–water partition coefficient (Wildman–Crippen LogP) is 2.90. The van der Waals surface area contributed by atoms with Gasteiger partial charge in [-0.05, 0) is 61.6 Å². The lowest BCUT2D eigenvalue weighted by Crippen LogP contribution is -2.44. The minimum atomic E-state index is -1.11. The maximum Gasteiger partial charge on any atom is 0.326 e. The van der Waals surface area contributed by atoms with Crippen LogP contribution < -0.4 is 10.6 Å². The number of aliphatic hydroxyl groups is 1. The smallest absolute Gasteiger partial charge is 0.326 e. The monoisotopic (exact) mass is 481 g/mol. The molecule has 1 aromatic carbocycles. The molecular formula is C27H35N3O5. The number of amides is 1. The summed E-state index contributed by atoms with van der Waals surface area (Å²) >= 11 is 0. The maximum absolute atomic E-state index is 12.6. The van der Waals surface area contributed by atoms with Gasteiger partial charge in [-0.1, -0.05) is 36.4 Å². The van der Waals surface area contributed by atoms with E-state index in [1.807, 2.05) is 6.07 Å². The predicted molar refractivity (Wildman–Crippen MR) is 132 cm³/mol. The average Bonchev–Trinajstić information content (AvgIpc) is 2.85. The van der Waals surface area contributed by atoms with E-state index in [9.17, 15) is 19.8 Å². The van der Waals surface area contributed by atoms with E-state index in [2.05, 4.69) is 22.8 Å².